The SMILES string of the molecule is N[C@@H](CC(=O)O)C(=O)O.[C].[Pd]. The van der Waals surface area contributed by atoms with Crippen molar-refractivity contribution >= 4 is 11.9 Å². The zero-order valence-corrected chi connectivity index (χ0v) is 6.94. The first-order valence-electron chi connectivity index (χ1n) is 2.24. The molecule has 6 heteroatoms. The maximum absolute atomic E-state index is 9.85. The summed E-state index contributed by atoms with van der Waals surface area (Å²) in [7, 11) is 0. The van der Waals surface area contributed by atoms with E-state index in [4.69, 9.17) is 15.9 Å². The third kappa shape index (κ3) is 9.56. The van der Waals surface area contributed by atoms with E-state index in [1.807, 2.05) is 0 Å². The number of aliphatic carboxylic acids is 2. The first-order valence-corrected chi connectivity index (χ1v) is 2.24. The van der Waals surface area contributed by atoms with Crippen LogP contribution >= 0.6 is 0 Å². The van der Waals surface area contributed by atoms with Gasteiger partial charge in [-0.3, -0.25) is 9.59 Å². The second kappa shape index (κ2) is 7.67. The van der Waals surface area contributed by atoms with Gasteiger partial charge in [-0.25, -0.2) is 0 Å². The average molecular weight is 252 g/mol. The number of nitrogens with two attached hydrogens (primary N) is 1. The van der Waals surface area contributed by atoms with Crippen LogP contribution in [-0.4, -0.2) is 28.2 Å². The van der Waals surface area contributed by atoms with Gasteiger partial charge in [-0.1, -0.05) is 0 Å². The van der Waals surface area contributed by atoms with Gasteiger partial charge in [0.1, 0.15) is 6.04 Å². The molecule has 0 rings (SSSR count). The van der Waals surface area contributed by atoms with Crippen molar-refractivity contribution in [2.75, 3.05) is 0 Å². The summed E-state index contributed by atoms with van der Waals surface area (Å²) in [5, 5.41) is 16.0. The van der Waals surface area contributed by atoms with Gasteiger partial charge in [0.2, 0.25) is 0 Å². The molecule has 0 aliphatic heterocycles. The van der Waals surface area contributed by atoms with Crippen molar-refractivity contribution < 1.29 is 40.2 Å². The number of carboxylic acid groups (broad SMARTS) is 2. The molecular weight excluding hydrogens is 244 g/mol. The summed E-state index contributed by atoms with van der Waals surface area (Å²) in [6.45, 7) is 0. The second-order valence-electron chi connectivity index (χ2n) is 1.54. The predicted octanol–water partition coefficient (Wildman–Crippen LogP) is -1.05. The van der Waals surface area contributed by atoms with Crippen molar-refractivity contribution in [2.24, 2.45) is 5.73 Å². The van der Waals surface area contributed by atoms with E-state index in [1.54, 1.807) is 0 Å². The van der Waals surface area contributed by atoms with Crippen molar-refractivity contribution in [3.63, 3.8) is 0 Å². The summed E-state index contributed by atoms with van der Waals surface area (Å²) in [6, 6.07) is -1.29. The predicted molar refractivity (Wildman–Crippen MR) is 31.1 cm³/mol. The number of rotatable bonds is 3. The Morgan fingerprint density at radius 3 is 1.82 bits per heavy atom. The zero-order chi connectivity index (χ0) is 7.44. The zero-order valence-electron chi connectivity index (χ0n) is 5.39. The second-order valence-corrected chi connectivity index (χ2v) is 1.54. The quantitative estimate of drug-likeness (QED) is 0.556. The van der Waals surface area contributed by atoms with Gasteiger partial charge in [-0.05, 0) is 0 Å². The Hall–Kier alpha value is -0.438. The third-order valence-electron chi connectivity index (χ3n) is 0.712. The summed E-state index contributed by atoms with van der Waals surface area (Å²) in [6.07, 6.45) is -0.532. The fourth-order valence-corrected chi connectivity index (χ4v) is 0.275. The van der Waals surface area contributed by atoms with Crippen LogP contribution in [0.15, 0.2) is 0 Å². The molecule has 0 aromatic heterocycles. The van der Waals surface area contributed by atoms with E-state index in [2.05, 4.69) is 0 Å². The molecule has 0 aliphatic rings. The summed E-state index contributed by atoms with van der Waals surface area (Å²) in [5.41, 5.74) is 4.84. The smallest absolute Gasteiger partial charge is 0.321 e. The van der Waals surface area contributed by atoms with Crippen LogP contribution in [0.1, 0.15) is 6.42 Å². The van der Waals surface area contributed by atoms with Crippen LogP contribution in [-0.2, 0) is 30.0 Å². The molecule has 0 saturated carbocycles. The van der Waals surface area contributed by atoms with E-state index < -0.39 is 24.4 Å². The van der Waals surface area contributed by atoms with Crippen molar-refractivity contribution in [2.45, 2.75) is 12.5 Å². The molecule has 0 saturated heterocycles. The molecule has 66 valence electrons. The van der Waals surface area contributed by atoms with Crippen molar-refractivity contribution in [1.82, 2.24) is 0 Å². The molecule has 0 amide bonds. The molecule has 0 aromatic carbocycles. The van der Waals surface area contributed by atoms with E-state index in [1.165, 1.54) is 0 Å². The first kappa shape index (κ1) is 16.9. The van der Waals surface area contributed by atoms with Crippen LogP contribution in [0.25, 0.3) is 0 Å². The van der Waals surface area contributed by atoms with Crippen molar-refractivity contribution in [1.29, 1.82) is 0 Å². The summed E-state index contributed by atoms with van der Waals surface area (Å²) >= 11 is 0. The maximum Gasteiger partial charge on any atom is 0.321 e. The Balaban J connectivity index is -0.000000320. The first-order chi connectivity index (χ1) is 4.04. The molecule has 4 radical (unpaired) electrons. The van der Waals surface area contributed by atoms with Crippen LogP contribution < -0.4 is 5.73 Å². The van der Waals surface area contributed by atoms with Crippen molar-refractivity contribution in [3.05, 3.63) is 7.43 Å². The molecule has 0 spiro atoms. The number of hydrogen-bond donors (Lipinski definition) is 3. The van der Waals surface area contributed by atoms with E-state index in [-0.39, 0.29) is 27.8 Å². The molecule has 4 N–H and O–H groups in total. The molecule has 11 heavy (non-hydrogen) atoms. The topological polar surface area (TPSA) is 101 Å². The Morgan fingerprint density at radius 2 is 1.73 bits per heavy atom. The largest absolute Gasteiger partial charge is 0.481 e. The van der Waals surface area contributed by atoms with Crippen LogP contribution in [0, 0.1) is 7.43 Å². The summed E-state index contributed by atoms with van der Waals surface area (Å²) in [5.74, 6) is -2.50. The summed E-state index contributed by atoms with van der Waals surface area (Å²) < 4.78 is 0. The van der Waals surface area contributed by atoms with Crippen LogP contribution in [0.4, 0.5) is 0 Å². The molecule has 1 atom stereocenters. The fraction of sp³-hybridized carbons (Fsp3) is 0.400. The molecule has 0 aromatic rings. The third-order valence-corrected chi connectivity index (χ3v) is 0.712. The van der Waals surface area contributed by atoms with Gasteiger partial charge >= 0.3 is 11.9 Å². The van der Waals surface area contributed by atoms with Gasteiger partial charge in [-0.15, -0.1) is 0 Å². The molecule has 5 nitrogen and oxygen atoms in total. The monoisotopic (exact) mass is 251 g/mol. The Labute approximate surface area is 78.2 Å². The van der Waals surface area contributed by atoms with E-state index in [0.717, 1.165) is 0 Å². The standard InChI is InChI=1S/C4H7NO4.C.Pd/c5-2(4(8)9)1-3(6)7;;/h2H,1,5H2,(H,6,7)(H,8,9);;/t2-;;/m0../s1. The maximum atomic E-state index is 9.85. The van der Waals surface area contributed by atoms with Crippen LogP contribution in [0.2, 0.25) is 0 Å². The molecule has 0 heterocycles. The molecule has 0 bridgehead atoms. The average Bonchev–Trinajstić information content (AvgIpc) is 1.63. The van der Waals surface area contributed by atoms with Gasteiger partial charge in [0.15, 0.2) is 0 Å². The Kier molecular flexibility index (Phi) is 11.8. The molecule has 0 aliphatic carbocycles. The van der Waals surface area contributed by atoms with Crippen LogP contribution in [0.3, 0.4) is 0 Å². The fourth-order valence-electron chi connectivity index (χ4n) is 0.275. The van der Waals surface area contributed by atoms with Gasteiger partial charge in [0, 0.05) is 27.8 Å². The molecular formula is C5H7NO4Pd. The minimum absolute atomic E-state index is 0. The van der Waals surface area contributed by atoms with E-state index in [9.17, 15) is 9.59 Å². The van der Waals surface area contributed by atoms with E-state index >= 15 is 0 Å². The van der Waals surface area contributed by atoms with Crippen molar-refractivity contribution in [3.8, 4) is 0 Å². The minimum Gasteiger partial charge on any atom is -0.481 e. The van der Waals surface area contributed by atoms with Gasteiger partial charge < -0.3 is 15.9 Å². The Morgan fingerprint density at radius 1 is 1.36 bits per heavy atom. The van der Waals surface area contributed by atoms with Gasteiger partial charge in [0.25, 0.3) is 0 Å². The Bertz CT molecular complexity index is 138. The van der Waals surface area contributed by atoms with Crippen LogP contribution in [0.5, 0.6) is 0 Å². The summed E-state index contributed by atoms with van der Waals surface area (Å²) in [4.78, 5) is 19.6. The van der Waals surface area contributed by atoms with Gasteiger partial charge in [-0.2, -0.15) is 0 Å². The molecule has 0 unspecified atom stereocenters. The number of hydrogen-bond acceptors (Lipinski definition) is 3. The minimum atomic E-state index is -1.29. The normalized spacial score (nSPS) is 10.3. The van der Waals surface area contributed by atoms with E-state index in [0.29, 0.717) is 0 Å². The molecule has 0 fully saturated rings. The number of carboxylic acids is 2. The number of carbonyl (C=O) groups is 2. The van der Waals surface area contributed by atoms with Gasteiger partial charge in [0.05, 0.1) is 6.42 Å².